The third-order valence-corrected chi connectivity index (χ3v) is 2.81. The molecule has 0 spiro atoms. The molecule has 92 valence electrons. The van der Waals surface area contributed by atoms with Crippen molar-refractivity contribution in [3.05, 3.63) is 59.2 Å². The molecule has 0 unspecified atom stereocenters. The average molecular weight is 248 g/mol. The molecular formula is C16H12N2O. The number of hydrogen-bond acceptors (Lipinski definition) is 3. The van der Waals surface area contributed by atoms with Gasteiger partial charge in [0.15, 0.2) is 0 Å². The molecule has 0 N–H and O–H groups in total. The number of nitrogens with zero attached hydrogens (tertiary/aromatic N) is 2. The van der Waals surface area contributed by atoms with Crippen LogP contribution in [0.25, 0.3) is 0 Å². The first-order valence-corrected chi connectivity index (χ1v) is 5.98. The molecule has 2 aromatic carbocycles. The largest absolute Gasteiger partial charge is 0.457 e. The zero-order valence-electron chi connectivity index (χ0n) is 10.6. The Hall–Kier alpha value is -2.78. The van der Waals surface area contributed by atoms with Crippen LogP contribution in [0.1, 0.15) is 23.6 Å². The van der Waals surface area contributed by atoms with E-state index in [1.165, 1.54) is 0 Å². The highest BCUT2D eigenvalue weighted by atomic mass is 16.5. The van der Waals surface area contributed by atoms with Gasteiger partial charge in [0.05, 0.1) is 11.1 Å². The van der Waals surface area contributed by atoms with Crippen LogP contribution < -0.4 is 4.74 Å². The minimum Gasteiger partial charge on any atom is -0.457 e. The summed E-state index contributed by atoms with van der Waals surface area (Å²) in [5.41, 5.74) is 1.79. The summed E-state index contributed by atoms with van der Waals surface area (Å²) >= 11 is 0. The molecule has 19 heavy (non-hydrogen) atoms. The lowest BCUT2D eigenvalue weighted by Gasteiger charge is -2.10. The maximum Gasteiger partial charge on any atom is 0.130 e. The van der Waals surface area contributed by atoms with Crippen LogP contribution in [0.2, 0.25) is 0 Å². The van der Waals surface area contributed by atoms with Crippen molar-refractivity contribution in [3.63, 3.8) is 0 Å². The molecule has 3 nitrogen and oxygen atoms in total. The zero-order chi connectivity index (χ0) is 13.7. The van der Waals surface area contributed by atoms with Crippen LogP contribution in [0.5, 0.6) is 11.5 Å². The van der Waals surface area contributed by atoms with Crippen LogP contribution in [0, 0.1) is 22.7 Å². The third-order valence-electron chi connectivity index (χ3n) is 2.81. The summed E-state index contributed by atoms with van der Waals surface area (Å²) in [7, 11) is 0. The van der Waals surface area contributed by atoms with E-state index in [2.05, 4.69) is 6.92 Å². The Kier molecular flexibility index (Phi) is 3.81. The number of benzene rings is 2. The van der Waals surface area contributed by atoms with Gasteiger partial charge in [-0.05, 0) is 36.2 Å². The highest BCUT2D eigenvalue weighted by Crippen LogP contribution is 2.27. The van der Waals surface area contributed by atoms with E-state index in [0.29, 0.717) is 16.9 Å². The van der Waals surface area contributed by atoms with E-state index in [0.717, 1.165) is 17.7 Å². The van der Waals surface area contributed by atoms with E-state index < -0.39 is 0 Å². The summed E-state index contributed by atoms with van der Waals surface area (Å²) in [5.74, 6) is 1.34. The smallest absolute Gasteiger partial charge is 0.130 e. The molecule has 3 heteroatoms. The monoisotopic (exact) mass is 248 g/mol. The fourth-order valence-electron chi connectivity index (χ4n) is 1.80. The molecule has 0 heterocycles. The molecule has 0 amide bonds. The Balaban J connectivity index is 2.35. The van der Waals surface area contributed by atoms with Crippen LogP contribution in [-0.4, -0.2) is 0 Å². The van der Waals surface area contributed by atoms with Crippen LogP contribution >= 0.6 is 0 Å². The number of para-hydroxylation sites is 1. The summed E-state index contributed by atoms with van der Waals surface area (Å²) < 4.78 is 5.78. The van der Waals surface area contributed by atoms with Crippen molar-refractivity contribution in [1.29, 1.82) is 10.5 Å². The quantitative estimate of drug-likeness (QED) is 0.830. The summed E-state index contributed by atoms with van der Waals surface area (Å²) in [6, 6.07) is 16.6. The van der Waals surface area contributed by atoms with Crippen LogP contribution in [0.4, 0.5) is 0 Å². The van der Waals surface area contributed by atoms with Gasteiger partial charge in [0, 0.05) is 0 Å². The van der Waals surface area contributed by atoms with Gasteiger partial charge in [-0.25, -0.2) is 0 Å². The number of ether oxygens (including phenoxy) is 1. The maximum absolute atomic E-state index is 8.98. The topological polar surface area (TPSA) is 56.8 Å². The van der Waals surface area contributed by atoms with Gasteiger partial charge in [-0.3, -0.25) is 0 Å². The van der Waals surface area contributed by atoms with Gasteiger partial charge in [0.25, 0.3) is 0 Å². The molecular weight excluding hydrogens is 236 g/mol. The van der Waals surface area contributed by atoms with Gasteiger partial charge in [-0.1, -0.05) is 25.1 Å². The lowest BCUT2D eigenvalue weighted by atomic mass is 10.1. The van der Waals surface area contributed by atoms with Gasteiger partial charge in [-0.2, -0.15) is 10.5 Å². The highest BCUT2D eigenvalue weighted by Gasteiger charge is 2.06. The number of nitriles is 2. The Morgan fingerprint density at radius 3 is 2.42 bits per heavy atom. The first kappa shape index (κ1) is 12.7. The summed E-state index contributed by atoms with van der Waals surface area (Å²) in [6.45, 7) is 2.06. The second-order valence-corrected chi connectivity index (χ2v) is 3.99. The van der Waals surface area contributed by atoms with Crippen molar-refractivity contribution < 1.29 is 4.74 Å². The first-order valence-electron chi connectivity index (χ1n) is 5.98. The zero-order valence-corrected chi connectivity index (χ0v) is 10.6. The minimum atomic E-state index is 0.328. The highest BCUT2D eigenvalue weighted by molar-refractivity contribution is 5.50. The Morgan fingerprint density at radius 1 is 1.00 bits per heavy atom. The molecule has 0 radical (unpaired) electrons. The Bertz CT molecular complexity index is 678. The molecule has 0 saturated carbocycles. The summed E-state index contributed by atoms with van der Waals surface area (Å²) in [6.07, 6.45) is 0.873. The van der Waals surface area contributed by atoms with Gasteiger partial charge in [0.1, 0.15) is 23.6 Å². The number of hydrogen-bond donors (Lipinski definition) is 0. The van der Waals surface area contributed by atoms with Crippen molar-refractivity contribution in [3.8, 4) is 23.6 Å². The van der Waals surface area contributed by atoms with E-state index in [4.69, 9.17) is 15.3 Å². The molecule has 0 atom stereocenters. The molecule has 0 bridgehead atoms. The summed E-state index contributed by atoms with van der Waals surface area (Å²) in [4.78, 5) is 0. The van der Waals surface area contributed by atoms with Gasteiger partial charge < -0.3 is 4.74 Å². The van der Waals surface area contributed by atoms with Crippen molar-refractivity contribution in [2.24, 2.45) is 0 Å². The fourth-order valence-corrected chi connectivity index (χ4v) is 1.80. The fraction of sp³-hybridized carbons (Fsp3) is 0.125. The molecule has 0 aliphatic heterocycles. The van der Waals surface area contributed by atoms with Crippen LogP contribution in [-0.2, 0) is 6.42 Å². The van der Waals surface area contributed by atoms with E-state index in [1.54, 1.807) is 18.2 Å². The third kappa shape index (κ3) is 2.73. The number of aryl methyl sites for hydroxylation is 1. The second-order valence-electron chi connectivity index (χ2n) is 3.99. The normalized spacial score (nSPS) is 9.42. The van der Waals surface area contributed by atoms with E-state index >= 15 is 0 Å². The molecule has 0 aliphatic rings. The standard InChI is InChI=1S/C16H12N2O/c1-2-12-5-3-4-6-16(12)19-15-8-7-13(10-17)14(9-15)11-18/h3-9H,2H2,1H3. The van der Waals surface area contributed by atoms with Gasteiger partial charge in [-0.15, -0.1) is 0 Å². The van der Waals surface area contributed by atoms with Crippen molar-refractivity contribution in [2.45, 2.75) is 13.3 Å². The molecule has 2 aromatic rings. The summed E-state index contributed by atoms with van der Waals surface area (Å²) in [5, 5.41) is 17.9. The molecule has 0 fully saturated rings. The molecule has 2 rings (SSSR count). The Labute approximate surface area is 112 Å². The van der Waals surface area contributed by atoms with Crippen molar-refractivity contribution >= 4 is 0 Å². The molecule has 0 aromatic heterocycles. The predicted octanol–water partition coefficient (Wildman–Crippen LogP) is 3.78. The van der Waals surface area contributed by atoms with E-state index in [9.17, 15) is 0 Å². The number of rotatable bonds is 3. The lowest BCUT2D eigenvalue weighted by molar-refractivity contribution is 0.476. The molecule has 0 aliphatic carbocycles. The lowest BCUT2D eigenvalue weighted by Crippen LogP contribution is -1.91. The van der Waals surface area contributed by atoms with Gasteiger partial charge >= 0.3 is 0 Å². The molecule has 0 saturated heterocycles. The van der Waals surface area contributed by atoms with E-state index in [-0.39, 0.29) is 0 Å². The van der Waals surface area contributed by atoms with Crippen molar-refractivity contribution in [1.82, 2.24) is 0 Å². The second kappa shape index (κ2) is 5.71. The predicted molar refractivity (Wildman–Crippen MR) is 71.8 cm³/mol. The van der Waals surface area contributed by atoms with Crippen LogP contribution in [0.15, 0.2) is 42.5 Å². The van der Waals surface area contributed by atoms with Crippen molar-refractivity contribution in [2.75, 3.05) is 0 Å². The van der Waals surface area contributed by atoms with Crippen LogP contribution in [0.3, 0.4) is 0 Å². The average Bonchev–Trinajstić information content (AvgIpc) is 2.47. The minimum absolute atomic E-state index is 0.328. The first-order chi connectivity index (χ1) is 9.28. The maximum atomic E-state index is 8.98. The van der Waals surface area contributed by atoms with Gasteiger partial charge in [0.2, 0.25) is 0 Å². The SMILES string of the molecule is CCc1ccccc1Oc1ccc(C#N)c(C#N)c1. The Morgan fingerprint density at radius 2 is 1.74 bits per heavy atom. The van der Waals surface area contributed by atoms with E-state index in [1.807, 2.05) is 36.4 Å².